The number of halogens is 2. The fourth-order valence-electron chi connectivity index (χ4n) is 3.30. The standard InChI is InChI=1S/C16H25Cl2N3/c1-3-20(4-2)13-7-8-21(11-13)16(10-19)12-5-6-14(17)15(18)9-12/h5-6,9,13,16H,3-4,7-8,10-11,19H2,1-2H3. The van der Waals surface area contributed by atoms with E-state index in [-0.39, 0.29) is 6.04 Å². The van der Waals surface area contributed by atoms with Crippen molar-refractivity contribution in [3.05, 3.63) is 33.8 Å². The van der Waals surface area contributed by atoms with E-state index < -0.39 is 0 Å². The van der Waals surface area contributed by atoms with Gasteiger partial charge in [0.05, 0.1) is 10.0 Å². The summed E-state index contributed by atoms with van der Waals surface area (Å²) in [5, 5.41) is 1.20. The highest BCUT2D eigenvalue weighted by Crippen LogP contribution is 2.30. The number of rotatable bonds is 6. The molecule has 0 amide bonds. The molecule has 3 nitrogen and oxygen atoms in total. The smallest absolute Gasteiger partial charge is 0.0595 e. The van der Waals surface area contributed by atoms with Crippen LogP contribution in [0.3, 0.4) is 0 Å². The third-order valence-corrected chi connectivity index (χ3v) is 5.26. The lowest BCUT2D eigenvalue weighted by Gasteiger charge is -2.30. The van der Waals surface area contributed by atoms with E-state index in [2.05, 4.69) is 23.6 Å². The Bertz CT molecular complexity index is 463. The van der Waals surface area contributed by atoms with Crippen molar-refractivity contribution in [1.82, 2.24) is 9.80 Å². The summed E-state index contributed by atoms with van der Waals surface area (Å²) in [5.41, 5.74) is 7.19. The molecule has 0 radical (unpaired) electrons. The molecule has 1 fully saturated rings. The van der Waals surface area contributed by atoms with Crippen molar-refractivity contribution in [3.8, 4) is 0 Å². The normalized spacial score (nSPS) is 21.1. The zero-order chi connectivity index (χ0) is 15.4. The fourth-order valence-corrected chi connectivity index (χ4v) is 3.61. The number of likely N-dealkylation sites (tertiary alicyclic amines) is 1. The maximum atomic E-state index is 6.15. The molecule has 0 aliphatic carbocycles. The van der Waals surface area contributed by atoms with Crippen LogP contribution in [0, 0.1) is 0 Å². The SMILES string of the molecule is CCN(CC)C1CCN(C(CN)c2ccc(Cl)c(Cl)c2)C1. The molecule has 5 heteroatoms. The lowest BCUT2D eigenvalue weighted by atomic mass is 10.1. The van der Waals surface area contributed by atoms with Crippen LogP contribution in [0.4, 0.5) is 0 Å². The van der Waals surface area contributed by atoms with Crippen molar-refractivity contribution < 1.29 is 0 Å². The Labute approximate surface area is 138 Å². The van der Waals surface area contributed by atoms with E-state index in [0.717, 1.165) is 31.7 Å². The first kappa shape index (κ1) is 17.0. The minimum atomic E-state index is 0.223. The van der Waals surface area contributed by atoms with E-state index in [9.17, 15) is 0 Å². The summed E-state index contributed by atoms with van der Waals surface area (Å²) in [5.74, 6) is 0. The molecule has 1 heterocycles. The van der Waals surface area contributed by atoms with Gasteiger partial charge in [-0.1, -0.05) is 43.1 Å². The Morgan fingerprint density at radius 2 is 2.00 bits per heavy atom. The molecular weight excluding hydrogens is 305 g/mol. The van der Waals surface area contributed by atoms with Gasteiger partial charge in [-0.05, 0) is 37.2 Å². The lowest BCUT2D eigenvalue weighted by molar-refractivity contribution is 0.190. The van der Waals surface area contributed by atoms with Crippen LogP contribution in [-0.4, -0.2) is 48.6 Å². The molecule has 21 heavy (non-hydrogen) atoms. The average molecular weight is 330 g/mol. The molecule has 0 saturated carbocycles. The Hall–Kier alpha value is -0.320. The molecule has 1 aliphatic heterocycles. The van der Waals surface area contributed by atoms with Crippen molar-refractivity contribution >= 4 is 23.2 Å². The van der Waals surface area contributed by atoms with Gasteiger partial charge in [-0.25, -0.2) is 0 Å². The zero-order valence-electron chi connectivity index (χ0n) is 12.9. The Kier molecular flexibility index (Phi) is 6.33. The third kappa shape index (κ3) is 3.91. The minimum Gasteiger partial charge on any atom is -0.329 e. The van der Waals surface area contributed by atoms with Crippen molar-refractivity contribution in [3.63, 3.8) is 0 Å². The quantitative estimate of drug-likeness (QED) is 0.868. The van der Waals surface area contributed by atoms with E-state index >= 15 is 0 Å². The van der Waals surface area contributed by atoms with Gasteiger partial charge in [0.1, 0.15) is 0 Å². The van der Waals surface area contributed by atoms with Gasteiger partial charge in [-0.2, -0.15) is 0 Å². The predicted molar refractivity (Wildman–Crippen MR) is 91.2 cm³/mol. The molecular formula is C16H25Cl2N3. The van der Waals surface area contributed by atoms with Gasteiger partial charge >= 0.3 is 0 Å². The van der Waals surface area contributed by atoms with E-state index in [0.29, 0.717) is 22.6 Å². The first-order valence-electron chi connectivity index (χ1n) is 7.73. The van der Waals surface area contributed by atoms with E-state index in [1.165, 1.54) is 6.42 Å². The summed E-state index contributed by atoms with van der Waals surface area (Å²) in [6.07, 6.45) is 1.21. The van der Waals surface area contributed by atoms with E-state index in [4.69, 9.17) is 28.9 Å². The Balaban J connectivity index is 2.10. The predicted octanol–water partition coefficient (Wildman–Crippen LogP) is 3.41. The molecule has 1 saturated heterocycles. The maximum absolute atomic E-state index is 6.15. The molecule has 2 unspecified atom stereocenters. The summed E-state index contributed by atoms with van der Waals surface area (Å²) in [4.78, 5) is 5.00. The zero-order valence-corrected chi connectivity index (χ0v) is 14.4. The fraction of sp³-hybridized carbons (Fsp3) is 0.625. The summed E-state index contributed by atoms with van der Waals surface area (Å²) < 4.78 is 0. The van der Waals surface area contributed by atoms with Crippen LogP contribution in [0.1, 0.15) is 31.9 Å². The van der Waals surface area contributed by atoms with Crippen molar-refractivity contribution in [1.29, 1.82) is 0 Å². The van der Waals surface area contributed by atoms with Crippen LogP contribution >= 0.6 is 23.2 Å². The second kappa shape index (κ2) is 7.80. The molecule has 1 aliphatic rings. The molecule has 118 valence electrons. The first-order valence-corrected chi connectivity index (χ1v) is 8.49. The number of nitrogens with zero attached hydrogens (tertiary/aromatic N) is 2. The van der Waals surface area contributed by atoms with Gasteiger partial charge in [0.25, 0.3) is 0 Å². The molecule has 1 aromatic rings. The van der Waals surface area contributed by atoms with Gasteiger partial charge in [-0.15, -0.1) is 0 Å². The van der Waals surface area contributed by atoms with Gasteiger partial charge < -0.3 is 5.73 Å². The van der Waals surface area contributed by atoms with E-state index in [1.807, 2.05) is 18.2 Å². The average Bonchev–Trinajstić information content (AvgIpc) is 2.94. The highest BCUT2D eigenvalue weighted by Gasteiger charge is 2.30. The van der Waals surface area contributed by atoms with Crippen LogP contribution in [0.2, 0.25) is 10.0 Å². The van der Waals surface area contributed by atoms with Crippen LogP contribution in [0.5, 0.6) is 0 Å². The summed E-state index contributed by atoms with van der Waals surface area (Å²) >= 11 is 12.2. The van der Waals surface area contributed by atoms with Crippen LogP contribution < -0.4 is 5.73 Å². The Morgan fingerprint density at radius 1 is 1.29 bits per heavy atom. The minimum absolute atomic E-state index is 0.223. The Morgan fingerprint density at radius 3 is 2.57 bits per heavy atom. The molecule has 0 spiro atoms. The molecule has 0 bridgehead atoms. The summed E-state index contributed by atoms with van der Waals surface area (Å²) in [7, 11) is 0. The van der Waals surface area contributed by atoms with Crippen molar-refractivity contribution in [2.75, 3.05) is 32.7 Å². The van der Waals surface area contributed by atoms with Crippen LogP contribution in [-0.2, 0) is 0 Å². The van der Waals surface area contributed by atoms with Crippen molar-refractivity contribution in [2.45, 2.75) is 32.4 Å². The third-order valence-electron chi connectivity index (χ3n) is 4.52. The summed E-state index contributed by atoms with van der Waals surface area (Å²) in [6.45, 7) is 9.43. The molecule has 2 rings (SSSR count). The highest BCUT2D eigenvalue weighted by atomic mass is 35.5. The maximum Gasteiger partial charge on any atom is 0.0595 e. The molecule has 1 aromatic carbocycles. The summed E-state index contributed by atoms with van der Waals surface area (Å²) in [6, 6.07) is 6.71. The van der Waals surface area contributed by atoms with Crippen molar-refractivity contribution in [2.24, 2.45) is 5.73 Å². The van der Waals surface area contributed by atoms with Crippen LogP contribution in [0.15, 0.2) is 18.2 Å². The second-order valence-electron chi connectivity index (χ2n) is 5.58. The topological polar surface area (TPSA) is 32.5 Å². The number of nitrogens with two attached hydrogens (primary N) is 1. The van der Waals surface area contributed by atoms with Gasteiger partial charge in [0.2, 0.25) is 0 Å². The molecule has 2 N–H and O–H groups in total. The molecule has 0 aromatic heterocycles. The van der Waals surface area contributed by atoms with Gasteiger partial charge in [-0.3, -0.25) is 9.80 Å². The van der Waals surface area contributed by atoms with Gasteiger partial charge in [0.15, 0.2) is 0 Å². The van der Waals surface area contributed by atoms with Gasteiger partial charge in [0, 0.05) is 31.7 Å². The number of benzene rings is 1. The van der Waals surface area contributed by atoms with Crippen LogP contribution in [0.25, 0.3) is 0 Å². The first-order chi connectivity index (χ1) is 10.1. The number of hydrogen-bond acceptors (Lipinski definition) is 3. The number of hydrogen-bond donors (Lipinski definition) is 1. The monoisotopic (exact) mass is 329 g/mol. The highest BCUT2D eigenvalue weighted by molar-refractivity contribution is 6.42. The van der Waals surface area contributed by atoms with E-state index in [1.54, 1.807) is 0 Å². The largest absolute Gasteiger partial charge is 0.329 e. The lowest BCUT2D eigenvalue weighted by Crippen LogP contribution is -2.39. The second-order valence-corrected chi connectivity index (χ2v) is 6.40. The number of likely N-dealkylation sites (N-methyl/N-ethyl adjacent to an activating group) is 1. The molecule has 2 atom stereocenters.